The molecular formula is C15H19I3N2O4. The van der Waals surface area contributed by atoms with Crippen molar-refractivity contribution in [3.05, 3.63) is 22.3 Å². The Morgan fingerprint density at radius 2 is 1.83 bits per heavy atom. The summed E-state index contributed by atoms with van der Waals surface area (Å²) in [4.78, 5) is 26.1. The standard InChI is InChI=1S/C15H19I3N2O4/c1-23-7-3-5-20(6-4-11(21)24-2)15(22)12-9(16)8-10(17)14(19)13(12)18/h8H,3-7,19H2,1-2H3. The van der Waals surface area contributed by atoms with E-state index in [9.17, 15) is 9.59 Å². The summed E-state index contributed by atoms with van der Waals surface area (Å²) < 4.78 is 12.2. The van der Waals surface area contributed by atoms with Gasteiger partial charge in [-0.05, 0) is 80.3 Å². The summed E-state index contributed by atoms with van der Waals surface area (Å²) in [7, 11) is 2.96. The number of nitrogen functional groups attached to an aromatic ring is 1. The average molecular weight is 672 g/mol. The van der Waals surface area contributed by atoms with Gasteiger partial charge in [0.1, 0.15) is 0 Å². The molecule has 6 nitrogen and oxygen atoms in total. The van der Waals surface area contributed by atoms with Gasteiger partial charge < -0.3 is 20.1 Å². The van der Waals surface area contributed by atoms with Crippen LogP contribution in [0.5, 0.6) is 0 Å². The SMILES string of the molecule is COCCCN(CCC(=O)OC)C(=O)c1c(I)cc(I)c(N)c1I. The molecule has 0 heterocycles. The lowest BCUT2D eigenvalue weighted by molar-refractivity contribution is -0.140. The predicted octanol–water partition coefficient (Wildman–Crippen LogP) is 3.12. The van der Waals surface area contributed by atoms with E-state index >= 15 is 0 Å². The number of carbonyl (C=O) groups excluding carboxylic acids is 2. The summed E-state index contributed by atoms with van der Waals surface area (Å²) >= 11 is 6.40. The van der Waals surface area contributed by atoms with Crippen molar-refractivity contribution in [3.8, 4) is 0 Å². The maximum Gasteiger partial charge on any atom is 0.307 e. The van der Waals surface area contributed by atoms with E-state index < -0.39 is 0 Å². The molecule has 0 aliphatic rings. The second-order valence-corrected chi connectivity index (χ2v) is 8.31. The number of nitrogens with two attached hydrogens (primary N) is 1. The first-order valence-corrected chi connectivity index (χ1v) is 10.3. The fourth-order valence-electron chi connectivity index (χ4n) is 2.00. The molecule has 1 amide bonds. The Morgan fingerprint density at radius 1 is 1.17 bits per heavy atom. The maximum absolute atomic E-state index is 13.0. The van der Waals surface area contributed by atoms with Crippen molar-refractivity contribution < 1.29 is 19.1 Å². The van der Waals surface area contributed by atoms with Crippen molar-refractivity contribution in [2.45, 2.75) is 12.8 Å². The molecule has 0 bridgehead atoms. The molecule has 0 aliphatic heterocycles. The number of ether oxygens (including phenoxy) is 2. The number of halogens is 3. The molecule has 0 spiro atoms. The summed E-state index contributed by atoms with van der Waals surface area (Å²) in [6, 6.07) is 1.89. The number of anilines is 1. The number of carbonyl (C=O) groups is 2. The molecule has 1 rings (SSSR count). The Hall–Kier alpha value is 0.110. The zero-order chi connectivity index (χ0) is 18.3. The fourth-order valence-corrected chi connectivity index (χ4v) is 5.84. The van der Waals surface area contributed by atoms with Gasteiger partial charge in [0.2, 0.25) is 0 Å². The molecular weight excluding hydrogens is 653 g/mol. The van der Waals surface area contributed by atoms with E-state index in [0.717, 1.165) is 10.7 Å². The van der Waals surface area contributed by atoms with Crippen molar-refractivity contribution in [1.82, 2.24) is 4.90 Å². The average Bonchev–Trinajstić information content (AvgIpc) is 2.55. The lowest BCUT2D eigenvalue weighted by Gasteiger charge is -2.24. The van der Waals surface area contributed by atoms with Gasteiger partial charge in [-0.2, -0.15) is 0 Å². The van der Waals surface area contributed by atoms with Gasteiger partial charge >= 0.3 is 5.97 Å². The molecule has 0 fully saturated rings. The summed E-state index contributed by atoms with van der Waals surface area (Å²) in [5.74, 6) is -0.474. The van der Waals surface area contributed by atoms with Crippen LogP contribution in [0.15, 0.2) is 6.07 Å². The zero-order valence-electron chi connectivity index (χ0n) is 13.4. The van der Waals surface area contributed by atoms with Gasteiger partial charge in [0, 0.05) is 33.9 Å². The number of hydrogen-bond acceptors (Lipinski definition) is 5. The molecule has 24 heavy (non-hydrogen) atoms. The molecule has 0 radical (unpaired) electrons. The Labute approximate surface area is 182 Å². The number of methoxy groups -OCH3 is 2. The number of esters is 1. The minimum absolute atomic E-state index is 0.132. The normalized spacial score (nSPS) is 10.5. The fraction of sp³-hybridized carbons (Fsp3) is 0.467. The van der Waals surface area contributed by atoms with Crippen LogP contribution in [0.3, 0.4) is 0 Å². The van der Waals surface area contributed by atoms with Crippen LogP contribution < -0.4 is 5.73 Å². The van der Waals surface area contributed by atoms with Gasteiger partial charge in [0.25, 0.3) is 5.91 Å². The highest BCUT2D eigenvalue weighted by atomic mass is 127. The Bertz CT molecular complexity index is 611. The van der Waals surface area contributed by atoms with Crippen LogP contribution in [-0.2, 0) is 14.3 Å². The molecule has 0 atom stereocenters. The highest BCUT2D eigenvalue weighted by Gasteiger charge is 2.24. The van der Waals surface area contributed by atoms with Gasteiger partial charge in [-0.25, -0.2) is 0 Å². The monoisotopic (exact) mass is 672 g/mol. The molecule has 2 N–H and O–H groups in total. The van der Waals surface area contributed by atoms with E-state index in [0.29, 0.717) is 37.4 Å². The van der Waals surface area contributed by atoms with Crippen LogP contribution in [0.1, 0.15) is 23.2 Å². The van der Waals surface area contributed by atoms with E-state index in [1.165, 1.54) is 7.11 Å². The molecule has 0 saturated heterocycles. The maximum atomic E-state index is 13.0. The minimum Gasteiger partial charge on any atom is -0.469 e. The third kappa shape index (κ3) is 6.12. The van der Waals surface area contributed by atoms with Gasteiger partial charge in [-0.15, -0.1) is 0 Å². The van der Waals surface area contributed by atoms with Gasteiger partial charge in [0.05, 0.1) is 28.4 Å². The second-order valence-electron chi connectivity index (χ2n) is 4.91. The Kier molecular flexibility index (Phi) is 10.1. The number of benzene rings is 1. The highest BCUT2D eigenvalue weighted by Crippen LogP contribution is 2.30. The molecule has 1 aromatic rings. The molecule has 0 unspecified atom stereocenters. The molecule has 0 saturated carbocycles. The topological polar surface area (TPSA) is 81.9 Å². The molecule has 0 aromatic heterocycles. The van der Waals surface area contributed by atoms with Crippen molar-refractivity contribution in [3.63, 3.8) is 0 Å². The van der Waals surface area contributed by atoms with Gasteiger partial charge in [-0.1, -0.05) is 0 Å². The summed E-state index contributed by atoms with van der Waals surface area (Å²) in [5, 5.41) is 0. The van der Waals surface area contributed by atoms with Crippen molar-refractivity contribution in [2.24, 2.45) is 0 Å². The molecule has 1 aromatic carbocycles. The molecule has 0 aliphatic carbocycles. The minimum atomic E-state index is -0.342. The van der Waals surface area contributed by atoms with Crippen LogP contribution in [0.4, 0.5) is 5.69 Å². The summed E-state index contributed by atoms with van der Waals surface area (Å²) in [5.41, 5.74) is 7.25. The predicted molar refractivity (Wildman–Crippen MR) is 118 cm³/mol. The second kappa shape index (κ2) is 11.0. The lowest BCUT2D eigenvalue weighted by atomic mass is 10.1. The van der Waals surface area contributed by atoms with E-state index in [1.807, 2.05) is 6.07 Å². The quantitative estimate of drug-likeness (QED) is 0.199. The number of rotatable bonds is 8. The Morgan fingerprint density at radius 3 is 2.42 bits per heavy atom. The smallest absolute Gasteiger partial charge is 0.307 e. The van der Waals surface area contributed by atoms with Crippen molar-refractivity contribution >= 4 is 85.3 Å². The first-order valence-electron chi connectivity index (χ1n) is 7.11. The Balaban J connectivity index is 3.06. The van der Waals surface area contributed by atoms with Gasteiger partial charge in [0.15, 0.2) is 0 Å². The molecule has 9 heteroatoms. The number of hydrogen-bond donors (Lipinski definition) is 1. The largest absolute Gasteiger partial charge is 0.469 e. The highest BCUT2D eigenvalue weighted by molar-refractivity contribution is 14.1. The van der Waals surface area contributed by atoms with Crippen LogP contribution in [0.2, 0.25) is 0 Å². The zero-order valence-corrected chi connectivity index (χ0v) is 19.9. The van der Waals surface area contributed by atoms with Crippen LogP contribution in [0.25, 0.3) is 0 Å². The number of amides is 1. The van der Waals surface area contributed by atoms with Crippen molar-refractivity contribution in [2.75, 3.05) is 39.6 Å². The third-order valence-corrected chi connectivity index (χ3v) is 6.16. The van der Waals surface area contributed by atoms with E-state index in [1.54, 1.807) is 12.0 Å². The van der Waals surface area contributed by atoms with Crippen LogP contribution in [0, 0.1) is 10.7 Å². The van der Waals surface area contributed by atoms with Crippen LogP contribution in [-0.4, -0.2) is 50.7 Å². The van der Waals surface area contributed by atoms with E-state index in [-0.39, 0.29) is 18.3 Å². The lowest BCUT2D eigenvalue weighted by Crippen LogP contribution is -2.35. The summed E-state index contributed by atoms with van der Waals surface area (Å²) in [6.07, 6.45) is 0.846. The van der Waals surface area contributed by atoms with E-state index in [2.05, 4.69) is 72.5 Å². The van der Waals surface area contributed by atoms with Crippen molar-refractivity contribution in [1.29, 1.82) is 0 Å². The summed E-state index contributed by atoms with van der Waals surface area (Å²) in [6.45, 7) is 1.35. The first-order chi connectivity index (χ1) is 11.3. The molecule has 134 valence electrons. The first kappa shape index (κ1) is 22.2. The van der Waals surface area contributed by atoms with Crippen LogP contribution >= 0.6 is 67.8 Å². The van der Waals surface area contributed by atoms with E-state index in [4.69, 9.17) is 10.5 Å². The van der Waals surface area contributed by atoms with Gasteiger partial charge in [-0.3, -0.25) is 9.59 Å². The third-order valence-electron chi connectivity index (χ3n) is 3.30. The number of nitrogens with zero attached hydrogens (tertiary/aromatic N) is 1.